The first-order chi connectivity index (χ1) is 8.20. The fraction of sp³-hybridized carbons (Fsp3) is 0.286. The van der Waals surface area contributed by atoms with Gasteiger partial charge in [0.25, 0.3) is 5.89 Å². The van der Waals surface area contributed by atoms with Crippen molar-refractivity contribution in [3.63, 3.8) is 0 Å². The summed E-state index contributed by atoms with van der Waals surface area (Å²) in [5, 5.41) is 3.99. The lowest BCUT2D eigenvalue weighted by Crippen LogP contribution is -1.93. The lowest BCUT2D eigenvalue weighted by atomic mass is 9.99. The number of aromatic nitrogens is 2. The normalized spacial score (nSPS) is 15.9. The fourth-order valence-electron chi connectivity index (χ4n) is 1.68. The highest BCUT2D eigenvalue weighted by Gasteiger charge is 2.13. The van der Waals surface area contributed by atoms with Crippen LogP contribution in [0.25, 0.3) is 11.1 Å². The summed E-state index contributed by atoms with van der Waals surface area (Å²) in [4.78, 5) is 4.35. The van der Waals surface area contributed by atoms with Gasteiger partial charge < -0.3 is 4.52 Å². The van der Waals surface area contributed by atoms with Crippen molar-refractivity contribution in [1.82, 2.24) is 10.1 Å². The Balaban J connectivity index is 2.22. The molecule has 0 spiro atoms. The molecule has 0 amide bonds. The van der Waals surface area contributed by atoms with E-state index in [4.69, 9.17) is 4.52 Å². The molecule has 1 heterocycles. The maximum absolute atomic E-state index is 5.19. The number of hydrogen-bond donors (Lipinski definition) is 0. The number of hydrogen-bond acceptors (Lipinski definition) is 3. The monoisotopic (exact) mass is 228 g/mol. The quantitative estimate of drug-likeness (QED) is 0.739. The molecule has 2 rings (SSSR count). The number of rotatable bonds is 3. The van der Waals surface area contributed by atoms with E-state index in [0.717, 1.165) is 24.0 Å². The Morgan fingerprint density at radius 2 is 2.24 bits per heavy atom. The molecule has 0 bridgehead atoms. The lowest BCUT2D eigenvalue weighted by Gasteiger charge is -2.07. The molecule has 0 N–H and O–H groups in total. The Morgan fingerprint density at radius 3 is 2.88 bits per heavy atom. The zero-order chi connectivity index (χ0) is 12.3. The van der Waals surface area contributed by atoms with E-state index < -0.39 is 0 Å². The molecule has 3 nitrogen and oxygen atoms in total. The Hall–Kier alpha value is -1.90. The van der Waals surface area contributed by atoms with Crippen molar-refractivity contribution < 1.29 is 4.52 Å². The predicted molar refractivity (Wildman–Crippen MR) is 69.1 cm³/mol. The minimum absolute atomic E-state index is 0.491. The molecule has 17 heavy (non-hydrogen) atoms. The molecular formula is C14H16N2O. The molecule has 1 aliphatic rings. The molecule has 0 atom stereocenters. The van der Waals surface area contributed by atoms with Crippen molar-refractivity contribution in [2.45, 2.75) is 26.7 Å². The minimum atomic E-state index is 0.491. The van der Waals surface area contributed by atoms with Gasteiger partial charge in [0.15, 0.2) is 5.82 Å². The molecule has 0 saturated heterocycles. The van der Waals surface area contributed by atoms with Crippen molar-refractivity contribution in [3.8, 4) is 0 Å². The van der Waals surface area contributed by atoms with E-state index in [1.54, 1.807) is 0 Å². The molecule has 3 heteroatoms. The lowest BCUT2D eigenvalue weighted by molar-refractivity contribution is 0.405. The second kappa shape index (κ2) is 4.95. The fourth-order valence-corrected chi connectivity index (χ4v) is 1.68. The smallest absolute Gasteiger partial charge is 0.257 e. The third-order valence-electron chi connectivity index (χ3n) is 2.71. The Morgan fingerprint density at radius 1 is 1.41 bits per heavy atom. The molecule has 0 aromatic carbocycles. The maximum Gasteiger partial charge on any atom is 0.257 e. The highest BCUT2D eigenvalue weighted by Crippen LogP contribution is 2.25. The largest absolute Gasteiger partial charge is 0.334 e. The summed E-state index contributed by atoms with van der Waals surface area (Å²) in [6.07, 6.45) is 9.96. The first-order valence-electron chi connectivity index (χ1n) is 5.73. The van der Waals surface area contributed by atoms with Crippen LogP contribution >= 0.6 is 0 Å². The van der Waals surface area contributed by atoms with Crippen LogP contribution < -0.4 is 0 Å². The van der Waals surface area contributed by atoms with Gasteiger partial charge in [-0.05, 0) is 26.7 Å². The molecular weight excluding hydrogens is 212 g/mol. The van der Waals surface area contributed by atoms with Gasteiger partial charge in [-0.2, -0.15) is 4.98 Å². The second-order valence-electron chi connectivity index (χ2n) is 4.15. The average Bonchev–Trinajstić information content (AvgIpc) is 2.80. The third-order valence-corrected chi connectivity index (χ3v) is 2.71. The summed E-state index contributed by atoms with van der Waals surface area (Å²) in [6.45, 7) is 7.93. The van der Waals surface area contributed by atoms with Crippen LogP contribution in [0.2, 0.25) is 0 Å². The van der Waals surface area contributed by atoms with Gasteiger partial charge >= 0.3 is 0 Å². The van der Waals surface area contributed by atoms with E-state index in [0.29, 0.717) is 11.7 Å². The zero-order valence-corrected chi connectivity index (χ0v) is 10.2. The summed E-state index contributed by atoms with van der Waals surface area (Å²) < 4.78 is 5.19. The van der Waals surface area contributed by atoms with E-state index in [1.165, 1.54) is 5.57 Å². The first kappa shape index (κ1) is 11.6. The second-order valence-corrected chi connectivity index (χ2v) is 4.15. The minimum Gasteiger partial charge on any atom is -0.334 e. The van der Waals surface area contributed by atoms with Crippen LogP contribution in [-0.2, 0) is 0 Å². The summed E-state index contributed by atoms with van der Waals surface area (Å²) in [5.74, 6) is 1.17. The van der Waals surface area contributed by atoms with Gasteiger partial charge in [0.05, 0.1) is 0 Å². The molecule has 0 fully saturated rings. The summed E-state index contributed by atoms with van der Waals surface area (Å²) in [6, 6.07) is 0. The molecule has 1 aromatic rings. The van der Waals surface area contributed by atoms with Gasteiger partial charge in [0, 0.05) is 11.1 Å². The highest BCUT2D eigenvalue weighted by molar-refractivity contribution is 5.68. The SMILES string of the molecule is C=C(/C=C\C)c1nc(C2=CC=C(C)CC2)no1. The predicted octanol–water partition coefficient (Wildman–Crippen LogP) is 3.78. The van der Waals surface area contributed by atoms with E-state index in [2.05, 4.69) is 35.8 Å². The van der Waals surface area contributed by atoms with Gasteiger partial charge in [0.1, 0.15) is 0 Å². The van der Waals surface area contributed by atoms with Crippen molar-refractivity contribution in [2.24, 2.45) is 0 Å². The maximum atomic E-state index is 5.19. The summed E-state index contributed by atoms with van der Waals surface area (Å²) in [5.41, 5.74) is 3.25. The van der Waals surface area contributed by atoms with Gasteiger partial charge in [-0.1, -0.05) is 41.6 Å². The van der Waals surface area contributed by atoms with Gasteiger partial charge in [-0.25, -0.2) is 0 Å². The van der Waals surface area contributed by atoms with Crippen LogP contribution in [-0.4, -0.2) is 10.1 Å². The number of allylic oxidation sites excluding steroid dienone is 7. The van der Waals surface area contributed by atoms with Crippen LogP contribution in [0.4, 0.5) is 0 Å². The summed E-state index contributed by atoms with van der Waals surface area (Å²) in [7, 11) is 0. The van der Waals surface area contributed by atoms with Crippen LogP contribution in [0, 0.1) is 0 Å². The molecule has 1 aliphatic carbocycles. The number of nitrogens with zero attached hydrogens (tertiary/aromatic N) is 2. The van der Waals surface area contributed by atoms with Crippen molar-refractivity contribution in [2.75, 3.05) is 0 Å². The third kappa shape index (κ3) is 2.61. The van der Waals surface area contributed by atoms with E-state index >= 15 is 0 Å². The zero-order valence-electron chi connectivity index (χ0n) is 10.2. The van der Waals surface area contributed by atoms with Crippen LogP contribution in [0.1, 0.15) is 38.4 Å². The van der Waals surface area contributed by atoms with Crippen LogP contribution in [0.5, 0.6) is 0 Å². The molecule has 0 unspecified atom stereocenters. The van der Waals surface area contributed by atoms with Crippen molar-refractivity contribution in [1.29, 1.82) is 0 Å². The molecule has 0 aliphatic heterocycles. The van der Waals surface area contributed by atoms with E-state index in [-0.39, 0.29) is 0 Å². The molecule has 88 valence electrons. The molecule has 0 saturated carbocycles. The van der Waals surface area contributed by atoms with E-state index in [1.807, 2.05) is 19.1 Å². The van der Waals surface area contributed by atoms with Crippen molar-refractivity contribution >= 4 is 11.1 Å². The summed E-state index contributed by atoms with van der Waals surface area (Å²) >= 11 is 0. The van der Waals surface area contributed by atoms with Crippen LogP contribution in [0.3, 0.4) is 0 Å². The average molecular weight is 228 g/mol. The molecule has 0 radical (unpaired) electrons. The Bertz CT molecular complexity index is 518. The Labute approximate surface area is 101 Å². The Kier molecular flexibility index (Phi) is 3.38. The standard InChI is InChI=1S/C14H16N2O/c1-4-5-11(3)14-15-13(16-17-14)12-8-6-10(2)7-9-12/h4-6,8H,3,7,9H2,1-2H3/b5-4-. The van der Waals surface area contributed by atoms with Gasteiger partial charge in [0.2, 0.25) is 0 Å². The first-order valence-corrected chi connectivity index (χ1v) is 5.73. The van der Waals surface area contributed by atoms with Crippen molar-refractivity contribution in [3.05, 3.63) is 48.2 Å². The van der Waals surface area contributed by atoms with Gasteiger partial charge in [-0.15, -0.1) is 0 Å². The highest BCUT2D eigenvalue weighted by atomic mass is 16.5. The van der Waals surface area contributed by atoms with Gasteiger partial charge in [-0.3, -0.25) is 0 Å². The van der Waals surface area contributed by atoms with E-state index in [9.17, 15) is 0 Å². The van der Waals surface area contributed by atoms with Crippen LogP contribution in [0.15, 0.2) is 41.0 Å². The molecule has 1 aromatic heterocycles. The topological polar surface area (TPSA) is 38.9 Å².